The summed E-state index contributed by atoms with van der Waals surface area (Å²) < 4.78 is 19.5. The van der Waals surface area contributed by atoms with E-state index in [1.807, 2.05) is 0 Å². The van der Waals surface area contributed by atoms with Crippen molar-refractivity contribution < 1.29 is 18.8 Å². The minimum atomic E-state index is -1.18. The van der Waals surface area contributed by atoms with Crippen molar-refractivity contribution in [3.05, 3.63) is 39.8 Å². The third kappa shape index (κ3) is 2.53. The van der Waals surface area contributed by atoms with E-state index in [-0.39, 0.29) is 28.5 Å². The highest BCUT2D eigenvalue weighted by Crippen LogP contribution is 2.32. The minimum Gasteiger partial charge on any atom is -0.477 e. The van der Waals surface area contributed by atoms with E-state index in [1.165, 1.54) is 12.1 Å². The van der Waals surface area contributed by atoms with Crippen LogP contribution in [0.1, 0.15) is 35.9 Å². The Morgan fingerprint density at radius 3 is 2.68 bits per heavy atom. The molecular weight excluding hydrogens is 317 g/mol. The molecule has 1 N–H and O–H groups in total. The number of benzene rings is 1. The number of carboxylic acid groups (broad SMARTS) is 1. The molecule has 0 saturated carbocycles. The first kappa shape index (κ1) is 13.7. The molecule has 0 unspecified atom stereocenters. The van der Waals surface area contributed by atoms with Crippen molar-refractivity contribution >= 4 is 21.9 Å². The SMILES string of the molecule is CC(C)c1onc(-c2ccc(Br)cc2F)c1C(=O)O. The van der Waals surface area contributed by atoms with Gasteiger partial charge >= 0.3 is 5.97 Å². The maximum Gasteiger partial charge on any atom is 0.341 e. The molecule has 4 nitrogen and oxygen atoms in total. The molecule has 0 atom stereocenters. The van der Waals surface area contributed by atoms with Crippen molar-refractivity contribution in [3.63, 3.8) is 0 Å². The third-order valence-corrected chi connectivity index (χ3v) is 3.14. The summed E-state index contributed by atoms with van der Waals surface area (Å²) in [5.41, 5.74) is 0.0358. The molecule has 2 rings (SSSR count). The van der Waals surface area contributed by atoms with Gasteiger partial charge in [0.25, 0.3) is 0 Å². The van der Waals surface area contributed by atoms with Crippen LogP contribution in [0.2, 0.25) is 0 Å². The second kappa shape index (κ2) is 5.13. The summed E-state index contributed by atoms with van der Waals surface area (Å²) in [4.78, 5) is 11.3. The van der Waals surface area contributed by atoms with Crippen LogP contribution < -0.4 is 0 Å². The first-order chi connectivity index (χ1) is 8.91. The maximum absolute atomic E-state index is 13.9. The number of aromatic nitrogens is 1. The molecule has 6 heteroatoms. The monoisotopic (exact) mass is 327 g/mol. The summed E-state index contributed by atoms with van der Waals surface area (Å²) >= 11 is 3.14. The Hall–Kier alpha value is -1.69. The van der Waals surface area contributed by atoms with E-state index in [0.717, 1.165) is 0 Å². The molecule has 0 bridgehead atoms. The summed E-state index contributed by atoms with van der Waals surface area (Å²) in [5, 5.41) is 13.0. The van der Waals surface area contributed by atoms with E-state index < -0.39 is 11.8 Å². The molecule has 100 valence electrons. The Kier molecular flexibility index (Phi) is 3.71. The van der Waals surface area contributed by atoms with Crippen molar-refractivity contribution in [2.45, 2.75) is 19.8 Å². The Morgan fingerprint density at radius 2 is 2.16 bits per heavy atom. The number of aromatic carboxylic acids is 1. The lowest BCUT2D eigenvalue weighted by Gasteiger charge is -2.03. The van der Waals surface area contributed by atoms with E-state index in [2.05, 4.69) is 21.1 Å². The van der Waals surface area contributed by atoms with Gasteiger partial charge in [0.1, 0.15) is 17.1 Å². The van der Waals surface area contributed by atoms with Crippen LogP contribution >= 0.6 is 15.9 Å². The normalized spacial score (nSPS) is 11.0. The van der Waals surface area contributed by atoms with E-state index in [4.69, 9.17) is 4.52 Å². The highest BCUT2D eigenvalue weighted by molar-refractivity contribution is 9.10. The predicted octanol–water partition coefficient (Wildman–Crippen LogP) is 4.06. The van der Waals surface area contributed by atoms with Gasteiger partial charge in [-0.15, -0.1) is 0 Å². The van der Waals surface area contributed by atoms with Gasteiger partial charge in [-0.3, -0.25) is 0 Å². The molecular formula is C13H11BrFNO3. The number of hydrogen-bond acceptors (Lipinski definition) is 3. The van der Waals surface area contributed by atoms with Crippen molar-refractivity contribution in [3.8, 4) is 11.3 Å². The third-order valence-electron chi connectivity index (χ3n) is 2.64. The number of hydrogen-bond donors (Lipinski definition) is 1. The van der Waals surface area contributed by atoms with Crippen LogP contribution in [0.5, 0.6) is 0 Å². The van der Waals surface area contributed by atoms with Gasteiger partial charge in [-0.1, -0.05) is 34.9 Å². The second-order valence-corrected chi connectivity index (χ2v) is 5.27. The van der Waals surface area contributed by atoms with Gasteiger partial charge < -0.3 is 9.63 Å². The lowest BCUT2D eigenvalue weighted by molar-refractivity contribution is 0.0694. The summed E-state index contributed by atoms with van der Waals surface area (Å²) in [6, 6.07) is 4.34. The zero-order chi connectivity index (χ0) is 14.2. The fourth-order valence-electron chi connectivity index (χ4n) is 1.77. The molecule has 2 aromatic rings. The van der Waals surface area contributed by atoms with Gasteiger partial charge in [0, 0.05) is 16.0 Å². The Morgan fingerprint density at radius 1 is 1.47 bits per heavy atom. The Bertz CT molecular complexity index is 637. The Balaban J connectivity index is 2.66. The van der Waals surface area contributed by atoms with Gasteiger partial charge in [-0.05, 0) is 18.2 Å². The van der Waals surface area contributed by atoms with E-state index >= 15 is 0 Å². The van der Waals surface area contributed by atoms with Crippen LogP contribution in [0.25, 0.3) is 11.3 Å². The van der Waals surface area contributed by atoms with Crippen molar-refractivity contribution in [2.24, 2.45) is 0 Å². The number of carboxylic acids is 1. The van der Waals surface area contributed by atoms with Crippen molar-refractivity contribution in [1.82, 2.24) is 5.16 Å². The topological polar surface area (TPSA) is 63.3 Å². The first-order valence-electron chi connectivity index (χ1n) is 5.60. The molecule has 19 heavy (non-hydrogen) atoms. The highest BCUT2D eigenvalue weighted by atomic mass is 79.9. The molecule has 0 fully saturated rings. The molecule has 0 aliphatic heterocycles. The number of nitrogens with zero attached hydrogens (tertiary/aromatic N) is 1. The summed E-state index contributed by atoms with van der Waals surface area (Å²) in [5.74, 6) is -1.64. The van der Waals surface area contributed by atoms with E-state index in [0.29, 0.717) is 4.47 Å². The molecule has 1 aromatic heterocycles. The quantitative estimate of drug-likeness (QED) is 0.923. The van der Waals surface area contributed by atoms with Crippen LogP contribution in [0.4, 0.5) is 4.39 Å². The number of carbonyl (C=O) groups is 1. The first-order valence-corrected chi connectivity index (χ1v) is 6.39. The minimum absolute atomic E-state index is 0.0150. The zero-order valence-corrected chi connectivity index (χ0v) is 11.9. The summed E-state index contributed by atoms with van der Waals surface area (Å²) in [7, 11) is 0. The average molecular weight is 328 g/mol. The van der Waals surface area contributed by atoms with Crippen LogP contribution in [0.15, 0.2) is 27.2 Å². The van der Waals surface area contributed by atoms with E-state index in [9.17, 15) is 14.3 Å². The molecule has 1 heterocycles. The molecule has 0 aliphatic rings. The van der Waals surface area contributed by atoms with Gasteiger partial charge in [0.2, 0.25) is 0 Å². The van der Waals surface area contributed by atoms with Gasteiger partial charge in [0.05, 0.1) is 0 Å². The largest absolute Gasteiger partial charge is 0.477 e. The molecule has 1 aromatic carbocycles. The molecule has 0 aliphatic carbocycles. The second-order valence-electron chi connectivity index (χ2n) is 4.35. The molecule has 0 amide bonds. The van der Waals surface area contributed by atoms with Gasteiger partial charge in [-0.25, -0.2) is 9.18 Å². The van der Waals surface area contributed by atoms with Gasteiger partial charge in [0.15, 0.2) is 5.76 Å². The highest BCUT2D eigenvalue weighted by Gasteiger charge is 2.26. The summed E-state index contributed by atoms with van der Waals surface area (Å²) in [6.07, 6.45) is 0. The maximum atomic E-state index is 13.9. The van der Waals surface area contributed by atoms with Crippen LogP contribution in [-0.2, 0) is 0 Å². The number of halogens is 2. The smallest absolute Gasteiger partial charge is 0.341 e. The van der Waals surface area contributed by atoms with Crippen molar-refractivity contribution in [2.75, 3.05) is 0 Å². The van der Waals surface area contributed by atoms with E-state index in [1.54, 1.807) is 19.9 Å². The zero-order valence-electron chi connectivity index (χ0n) is 10.3. The standard InChI is InChI=1S/C13H11BrFNO3/c1-6(2)12-10(13(17)18)11(16-19-12)8-4-3-7(14)5-9(8)15/h3-6H,1-2H3,(H,17,18). The fourth-order valence-corrected chi connectivity index (χ4v) is 2.10. The Labute approximate surface area is 117 Å². The predicted molar refractivity (Wildman–Crippen MR) is 70.6 cm³/mol. The average Bonchev–Trinajstić information content (AvgIpc) is 2.73. The van der Waals surface area contributed by atoms with Crippen LogP contribution in [0, 0.1) is 5.82 Å². The lowest BCUT2D eigenvalue weighted by atomic mass is 10.0. The molecule has 0 saturated heterocycles. The van der Waals surface area contributed by atoms with Crippen molar-refractivity contribution in [1.29, 1.82) is 0 Å². The molecule has 0 radical (unpaired) electrons. The van der Waals surface area contributed by atoms with Crippen LogP contribution in [-0.4, -0.2) is 16.2 Å². The van der Waals surface area contributed by atoms with Gasteiger partial charge in [-0.2, -0.15) is 0 Å². The lowest BCUT2D eigenvalue weighted by Crippen LogP contribution is -2.03. The number of rotatable bonds is 3. The van der Waals surface area contributed by atoms with Crippen LogP contribution in [0.3, 0.4) is 0 Å². The fraction of sp³-hybridized carbons (Fsp3) is 0.231. The summed E-state index contributed by atoms with van der Waals surface area (Å²) in [6.45, 7) is 3.57. The molecule has 0 spiro atoms.